The number of Topliss-reactive ketones (excluding diaryl/α,β-unsaturated/α-hetero) is 1. The number of furan rings is 1. The molecule has 0 aliphatic heterocycles. The van der Waals surface area contributed by atoms with Crippen LogP contribution in [0.5, 0.6) is 0 Å². The number of aliphatic hydroxyl groups is 1. The normalized spacial score (nSPS) is 14.8. The number of fused-ring (bicyclic) bond motifs is 1. The van der Waals surface area contributed by atoms with Gasteiger partial charge in [0.05, 0.1) is 19.3 Å². The van der Waals surface area contributed by atoms with E-state index in [0.29, 0.717) is 11.3 Å². The van der Waals surface area contributed by atoms with Crippen LogP contribution in [0.15, 0.2) is 16.3 Å². The zero-order chi connectivity index (χ0) is 11.9. The number of rotatable bonds is 2. The third-order valence-corrected chi connectivity index (χ3v) is 2.52. The van der Waals surface area contributed by atoms with E-state index in [2.05, 4.69) is 0 Å². The molecule has 1 aliphatic carbocycles. The highest BCUT2D eigenvalue weighted by Crippen LogP contribution is 2.29. The van der Waals surface area contributed by atoms with Gasteiger partial charge in [0.25, 0.3) is 0 Å². The second-order valence-corrected chi connectivity index (χ2v) is 3.41. The second-order valence-electron chi connectivity index (χ2n) is 3.41. The van der Waals surface area contributed by atoms with Gasteiger partial charge in [-0.05, 0) is 6.92 Å². The number of aryl methyl sites for hydroxylation is 1. The third-order valence-electron chi connectivity index (χ3n) is 2.52. The highest BCUT2D eigenvalue weighted by molar-refractivity contribution is 6.23. The van der Waals surface area contributed by atoms with Gasteiger partial charge < -0.3 is 14.3 Å². The minimum absolute atomic E-state index is 0.0210. The number of hydrogen-bond acceptors (Lipinski definition) is 5. The van der Waals surface area contributed by atoms with Gasteiger partial charge in [0.1, 0.15) is 5.76 Å². The molecule has 5 heteroatoms. The molecule has 0 saturated carbocycles. The van der Waals surface area contributed by atoms with Crippen LogP contribution in [0.2, 0.25) is 0 Å². The maximum absolute atomic E-state index is 11.9. The molecule has 84 valence electrons. The number of ether oxygens (including phenoxy) is 1. The van der Waals surface area contributed by atoms with E-state index in [1.807, 2.05) is 0 Å². The summed E-state index contributed by atoms with van der Waals surface area (Å²) in [5.41, 5.74) is 0.459. The van der Waals surface area contributed by atoms with Gasteiger partial charge in [-0.15, -0.1) is 0 Å². The molecule has 0 unspecified atom stereocenters. The predicted octanol–water partition coefficient (Wildman–Crippen LogP) is 0.990. The van der Waals surface area contributed by atoms with E-state index >= 15 is 0 Å². The van der Waals surface area contributed by atoms with E-state index in [9.17, 15) is 9.59 Å². The van der Waals surface area contributed by atoms with Gasteiger partial charge in [-0.1, -0.05) is 0 Å². The molecule has 1 aromatic heterocycles. The number of hydrogen-bond donors (Lipinski definition) is 1. The molecular weight excluding hydrogens is 212 g/mol. The van der Waals surface area contributed by atoms with Crippen molar-refractivity contribution in [2.24, 2.45) is 0 Å². The highest BCUT2D eigenvalue weighted by Gasteiger charge is 2.33. The Kier molecular flexibility index (Phi) is 2.40. The van der Waals surface area contributed by atoms with Gasteiger partial charge in [0.2, 0.25) is 11.6 Å². The van der Waals surface area contributed by atoms with Crippen LogP contribution in [0.3, 0.4) is 0 Å². The molecule has 16 heavy (non-hydrogen) atoms. The number of allylic oxidation sites excluding steroid dienone is 2. The number of ketones is 2. The summed E-state index contributed by atoms with van der Waals surface area (Å²) in [6.45, 7) is 1.25. The average molecular weight is 222 g/mol. The van der Waals surface area contributed by atoms with E-state index in [1.165, 1.54) is 7.11 Å². The first kappa shape index (κ1) is 10.6. The van der Waals surface area contributed by atoms with Crippen LogP contribution in [-0.2, 0) is 11.3 Å². The minimum atomic E-state index is -0.432. The van der Waals surface area contributed by atoms with Crippen molar-refractivity contribution < 1.29 is 23.8 Å². The number of methoxy groups -OCH3 is 1. The second kappa shape index (κ2) is 3.61. The molecular formula is C11H10O5. The van der Waals surface area contributed by atoms with Crippen molar-refractivity contribution >= 4 is 11.6 Å². The molecule has 5 nitrogen and oxygen atoms in total. The van der Waals surface area contributed by atoms with Gasteiger partial charge >= 0.3 is 0 Å². The predicted molar refractivity (Wildman–Crippen MR) is 53.1 cm³/mol. The van der Waals surface area contributed by atoms with Gasteiger partial charge in [-0.3, -0.25) is 9.59 Å². The first-order valence-electron chi connectivity index (χ1n) is 4.68. The molecule has 2 rings (SSSR count). The van der Waals surface area contributed by atoms with E-state index in [0.717, 1.165) is 6.08 Å². The summed E-state index contributed by atoms with van der Waals surface area (Å²) >= 11 is 0. The quantitative estimate of drug-likeness (QED) is 0.807. The van der Waals surface area contributed by atoms with Gasteiger partial charge in [0, 0.05) is 11.6 Å². The number of carbonyl (C=O) groups excluding carboxylic acids is 2. The standard InChI is InChI=1S/C11H10O5/c1-5-6(4-12)9-10(14)8(15-2)3-7(13)11(9)16-5/h3,12H,4H2,1-2H3. The molecule has 0 saturated heterocycles. The Morgan fingerprint density at radius 2 is 2.12 bits per heavy atom. The Morgan fingerprint density at radius 3 is 2.69 bits per heavy atom. The fraction of sp³-hybridized carbons (Fsp3) is 0.273. The maximum atomic E-state index is 11.9. The Balaban J connectivity index is 2.66. The smallest absolute Gasteiger partial charge is 0.232 e. The van der Waals surface area contributed by atoms with Crippen LogP contribution in [0.4, 0.5) is 0 Å². The summed E-state index contributed by atoms with van der Waals surface area (Å²) in [6, 6.07) is 0. The Labute approximate surface area is 91.3 Å². The molecule has 1 aromatic rings. The summed E-state index contributed by atoms with van der Waals surface area (Å²) in [5.74, 6) is -0.535. The van der Waals surface area contributed by atoms with Crippen LogP contribution in [0.1, 0.15) is 32.2 Å². The van der Waals surface area contributed by atoms with E-state index < -0.39 is 11.6 Å². The largest absolute Gasteiger partial charge is 0.492 e. The molecule has 0 fully saturated rings. The summed E-state index contributed by atoms with van der Waals surface area (Å²) in [6.07, 6.45) is 1.09. The summed E-state index contributed by atoms with van der Waals surface area (Å²) in [7, 11) is 1.31. The zero-order valence-corrected chi connectivity index (χ0v) is 8.86. The van der Waals surface area contributed by atoms with Crippen molar-refractivity contribution in [1.82, 2.24) is 0 Å². The van der Waals surface area contributed by atoms with Gasteiger partial charge in [0.15, 0.2) is 11.5 Å². The molecule has 1 heterocycles. The average Bonchev–Trinajstić information content (AvgIpc) is 2.61. The molecule has 1 N–H and O–H groups in total. The third kappa shape index (κ3) is 1.29. The van der Waals surface area contributed by atoms with E-state index in [4.69, 9.17) is 14.3 Å². The lowest BCUT2D eigenvalue weighted by atomic mass is 9.97. The lowest BCUT2D eigenvalue weighted by molar-refractivity contribution is 0.0903. The fourth-order valence-corrected chi connectivity index (χ4v) is 1.71. The summed E-state index contributed by atoms with van der Waals surface area (Å²) < 4.78 is 9.98. The SMILES string of the molecule is COC1=CC(=O)c2oc(C)c(CO)c2C1=O. The minimum Gasteiger partial charge on any atom is -0.492 e. The lowest BCUT2D eigenvalue weighted by Gasteiger charge is -2.09. The Morgan fingerprint density at radius 1 is 1.44 bits per heavy atom. The molecule has 0 amide bonds. The summed E-state index contributed by atoms with van der Waals surface area (Å²) in [5, 5.41) is 9.14. The Hall–Kier alpha value is -1.88. The van der Waals surface area contributed by atoms with Crippen molar-refractivity contribution in [1.29, 1.82) is 0 Å². The van der Waals surface area contributed by atoms with Crippen molar-refractivity contribution in [2.75, 3.05) is 7.11 Å². The van der Waals surface area contributed by atoms with E-state index in [1.54, 1.807) is 6.92 Å². The first-order valence-corrected chi connectivity index (χ1v) is 4.68. The van der Waals surface area contributed by atoms with Crippen LogP contribution >= 0.6 is 0 Å². The Bertz CT molecular complexity index is 507. The lowest BCUT2D eigenvalue weighted by Crippen LogP contribution is -2.17. The van der Waals surface area contributed by atoms with Crippen molar-refractivity contribution in [2.45, 2.75) is 13.5 Å². The van der Waals surface area contributed by atoms with E-state index in [-0.39, 0.29) is 23.7 Å². The van der Waals surface area contributed by atoms with Crippen molar-refractivity contribution in [3.8, 4) is 0 Å². The number of carbonyl (C=O) groups is 2. The zero-order valence-electron chi connectivity index (χ0n) is 8.86. The van der Waals surface area contributed by atoms with Crippen LogP contribution < -0.4 is 0 Å². The monoisotopic (exact) mass is 222 g/mol. The van der Waals surface area contributed by atoms with Crippen LogP contribution in [0.25, 0.3) is 0 Å². The van der Waals surface area contributed by atoms with Crippen LogP contribution in [-0.4, -0.2) is 23.8 Å². The van der Waals surface area contributed by atoms with Gasteiger partial charge in [-0.2, -0.15) is 0 Å². The molecule has 0 bridgehead atoms. The summed E-state index contributed by atoms with van der Waals surface area (Å²) in [4.78, 5) is 23.5. The van der Waals surface area contributed by atoms with Crippen molar-refractivity contribution in [3.63, 3.8) is 0 Å². The maximum Gasteiger partial charge on any atom is 0.232 e. The van der Waals surface area contributed by atoms with Crippen LogP contribution in [0, 0.1) is 6.92 Å². The highest BCUT2D eigenvalue weighted by atomic mass is 16.5. The first-order chi connectivity index (χ1) is 7.60. The molecule has 0 aromatic carbocycles. The molecule has 0 radical (unpaired) electrons. The number of aliphatic hydroxyl groups excluding tert-OH is 1. The molecule has 0 spiro atoms. The van der Waals surface area contributed by atoms with Gasteiger partial charge in [-0.25, -0.2) is 0 Å². The van der Waals surface area contributed by atoms with Crippen molar-refractivity contribution in [3.05, 3.63) is 34.5 Å². The fourth-order valence-electron chi connectivity index (χ4n) is 1.71. The molecule has 0 atom stereocenters. The topological polar surface area (TPSA) is 76.7 Å². The molecule has 1 aliphatic rings.